The van der Waals surface area contributed by atoms with Gasteiger partial charge in [0.1, 0.15) is 0 Å². The number of para-hydroxylation sites is 1. The highest BCUT2D eigenvalue weighted by atomic mass is 35.5. The standard InChI is InChI=1S/C20H17ClN2OS2/c21-15-5-3-4-14(10-15)11-19-22-16(13-26-19)12-20(24)23-8-9-25-18-7-2-1-6-17(18)23/h1-7,10,13H,8-9,11-12H2. The van der Waals surface area contributed by atoms with Gasteiger partial charge in [-0.05, 0) is 29.8 Å². The van der Waals surface area contributed by atoms with Gasteiger partial charge in [-0.15, -0.1) is 23.1 Å². The molecular formula is C20H17ClN2OS2. The zero-order valence-electron chi connectivity index (χ0n) is 14.0. The zero-order valence-corrected chi connectivity index (χ0v) is 16.4. The van der Waals surface area contributed by atoms with Crippen molar-refractivity contribution < 1.29 is 4.79 Å². The number of carbonyl (C=O) groups excluding carboxylic acids is 1. The van der Waals surface area contributed by atoms with Crippen LogP contribution in [0.2, 0.25) is 5.02 Å². The molecule has 2 aromatic carbocycles. The fourth-order valence-electron chi connectivity index (χ4n) is 3.01. The molecule has 1 aliphatic heterocycles. The maximum atomic E-state index is 12.8. The molecule has 1 aromatic heterocycles. The van der Waals surface area contributed by atoms with E-state index in [0.717, 1.165) is 45.7 Å². The molecule has 2 heterocycles. The second-order valence-corrected chi connectivity index (χ2v) is 8.59. The van der Waals surface area contributed by atoms with E-state index in [1.54, 1.807) is 23.1 Å². The Morgan fingerprint density at radius 3 is 2.96 bits per heavy atom. The summed E-state index contributed by atoms with van der Waals surface area (Å²) in [6.07, 6.45) is 1.08. The van der Waals surface area contributed by atoms with E-state index in [1.165, 1.54) is 4.90 Å². The first-order valence-electron chi connectivity index (χ1n) is 8.39. The molecule has 4 rings (SSSR count). The summed E-state index contributed by atoms with van der Waals surface area (Å²) in [5.74, 6) is 1.04. The summed E-state index contributed by atoms with van der Waals surface area (Å²) in [5, 5.41) is 3.73. The molecule has 6 heteroatoms. The van der Waals surface area contributed by atoms with E-state index >= 15 is 0 Å². The normalized spacial score (nSPS) is 13.5. The van der Waals surface area contributed by atoms with Gasteiger partial charge in [-0.3, -0.25) is 4.79 Å². The van der Waals surface area contributed by atoms with Crippen LogP contribution in [0.15, 0.2) is 58.8 Å². The van der Waals surface area contributed by atoms with Crippen molar-refractivity contribution in [3.63, 3.8) is 0 Å². The van der Waals surface area contributed by atoms with Gasteiger partial charge in [-0.25, -0.2) is 4.98 Å². The Balaban J connectivity index is 1.45. The molecule has 132 valence electrons. The molecule has 0 spiro atoms. The summed E-state index contributed by atoms with van der Waals surface area (Å²) in [4.78, 5) is 20.5. The number of rotatable bonds is 4. The minimum atomic E-state index is 0.109. The molecule has 0 bridgehead atoms. The fraction of sp³-hybridized carbons (Fsp3) is 0.200. The van der Waals surface area contributed by atoms with Crippen molar-refractivity contribution in [2.45, 2.75) is 17.7 Å². The summed E-state index contributed by atoms with van der Waals surface area (Å²) >= 11 is 9.44. The lowest BCUT2D eigenvalue weighted by atomic mass is 10.2. The average Bonchev–Trinajstić information content (AvgIpc) is 3.08. The number of hydrogen-bond donors (Lipinski definition) is 0. The maximum absolute atomic E-state index is 12.8. The lowest BCUT2D eigenvalue weighted by molar-refractivity contribution is -0.118. The largest absolute Gasteiger partial charge is 0.310 e. The van der Waals surface area contributed by atoms with Crippen molar-refractivity contribution in [2.24, 2.45) is 0 Å². The molecule has 0 atom stereocenters. The van der Waals surface area contributed by atoms with Gasteiger partial charge in [0, 0.05) is 34.0 Å². The molecule has 1 aliphatic rings. The average molecular weight is 401 g/mol. The number of benzene rings is 2. The molecule has 0 fully saturated rings. The number of thiazole rings is 1. The third kappa shape index (κ3) is 3.95. The monoisotopic (exact) mass is 400 g/mol. The molecule has 3 nitrogen and oxygen atoms in total. The smallest absolute Gasteiger partial charge is 0.233 e. The number of halogens is 1. The molecule has 0 radical (unpaired) electrons. The van der Waals surface area contributed by atoms with Gasteiger partial charge in [-0.2, -0.15) is 0 Å². The second kappa shape index (κ2) is 7.82. The molecule has 0 aliphatic carbocycles. The number of amides is 1. The van der Waals surface area contributed by atoms with Crippen LogP contribution in [0.4, 0.5) is 5.69 Å². The Hall–Kier alpha value is -1.82. The second-order valence-electron chi connectivity index (χ2n) is 6.08. The van der Waals surface area contributed by atoms with Crippen molar-refractivity contribution in [1.29, 1.82) is 0 Å². The van der Waals surface area contributed by atoms with Crippen LogP contribution in [0.1, 0.15) is 16.3 Å². The van der Waals surface area contributed by atoms with Crippen molar-refractivity contribution >= 4 is 46.3 Å². The first-order valence-corrected chi connectivity index (χ1v) is 10.6. The number of anilines is 1. The number of thioether (sulfide) groups is 1. The van der Waals surface area contributed by atoms with E-state index in [-0.39, 0.29) is 5.91 Å². The van der Waals surface area contributed by atoms with Crippen LogP contribution in [-0.4, -0.2) is 23.2 Å². The topological polar surface area (TPSA) is 33.2 Å². The van der Waals surface area contributed by atoms with Crippen LogP contribution < -0.4 is 4.90 Å². The summed E-state index contributed by atoms with van der Waals surface area (Å²) in [6, 6.07) is 15.9. The van der Waals surface area contributed by atoms with Crippen molar-refractivity contribution in [3.8, 4) is 0 Å². The predicted molar refractivity (Wildman–Crippen MR) is 110 cm³/mol. The van der Waals surface area contributed by atoms with Crippen LogP contribution >= 0.6 is 34.7 Å². The molecule has 0 saturated heterocycles. The van der Waals surface area contributed by atoms with E-state index in [9.17, 15) is 4.79 Å². The highest BCUT2D eigenvalue weighted by Gasteiger charge is 2.23. The lowest BCUT2D eigenvalue weighted by Crippen LogP contribution is -2.36. The predicted octanol–water partition coefficient (Wildman–Crippen LogP) is 5.07. The fourth-order valence-corrected chi connectivity index (χ4v) is 5.05. The SMILES string of the molecule is O=C(Cc1csc(Cc2cccc(Cl)c2)n1)N1CCSc2ccccc21. The third-order valence-corrected chi connectivity index (χ3v) is 6.38. The van der Waals surface area contributed by atoms with E-state index in [4.69, 9.17) is 11.6 Å². The molecule has 0 saturated carbocycles. The Kier molecular flexibility index (Phi) is 5.29. The van der Waals surface area contributed by atoms with Crippen LogP contribution in [0.25, 0.3) is 0 Å². The number of nitrogens with zero attached hydrogens (tertiary/aromatic N) is 2. The lowest BCUT2D eigenvalue weighted by Gasteiger charge is -2.28. The van der Waals surface area contributed by atoms with Gasteiger partial charge in [0.25, 0.3) is 0 Å². The van der Waals surface area contributed by atoms with Crippen LogP contribution in [0.3, 0.4) is 0 Å². The first-order chi connectivity index (χ1) is 12.7. The highest BCUT2D eigenvalue weighted by molar-refractivity contribution is 7.99. The molecule has 1 amide bonds. The van der Waals surface area contributed by atoms with E-state index in [2.05, 4.69) is 11.1 Å². The molecule has 0 unspecified atom stereocenters. The Morgan fingerprint density at radius 2 is 2.08 bits per heavy atom. The summed E-state index contributed by atoms with van der Waals surface area (Å²) in [6.45, 7) is 0.750. The van der Waals surface area contributed by atoms with E-state index in [1.807, 2.05) is 52.7 Å². The maximum Gasteiger partial charge on any atom is 0.233 e. The van der Waals surface area contributed by atoms with Gasteiger partial charge < -0.3 is 4.90 Å². The number of hydrogen-bond acceptors (Lipinski definition) is 4. The van der Waals surface area contributed by atoms with Crippen LogP contribution in [-0.2, 0) is 17.6 Å². The molecular weight excluding hydrogens is 384 g/mol. The first kappa shape index (κ1) is 17.6. The number of aromatic nitrogens is 1. The van der Waals surface area contributed by atoms with Gasteiger partial charge >= 0.3 is 0 Å². The van der Waals surface area contributed by atoms with Gasteiger partial charge in [-0.1, -0.05) is 35.9 Å². The van der Waals surface area contributed by atoms with Crippen molar-refractivity contribution in [3.05, 3.63) is 75.2 Å². The quantitative estimate of drug-likeness (QED) is 0.613. The minimum Gasteiger partial charge on any atom is -0.310 e. The number of fused-ring (bicyclic) bond motifs is 1. The van der Waals surface area contributed by atoms with E-state index in [0.29, 0.717) is 6.42 Å². The molecule has 0 N–H and O–H groups in total. The Bertz CT molecular complexity index is 941. The zero-order chi connectivity index (χ0) is 17.9. The van der Waals surface area contributed by atoms with Crippen molar-refractivity contribution in [1.82, 2.24) is 4.98 Å². The minimum absolute atomic E-state index is 0.109. The van der Waals surface area contributed by atoms with Crippen LogP contribution in [0.5, 0.6) is 0 Å². The summed E-state index contributed by atoms with van der Waals surface area (Å²) < 4.78 is 0. The summed E-state index contributed by atoms with van der Waals surface area (Å²) in [7, 11) is 0. The highest BCUT2D eigenvalue weighted by Crippen LogP contribution is 2.34. The number of carbonyl (C=O) groups is 1. The van der Waals surface area contributed by atoms with Gasteiger partial charge in [0.2, 0.25) is 5.91 Å². The van der Waals surface area contributed by atoms with Gasteiger partial charge in [0.05, 0.1) is 22.8 Å². The van der Waals surface area contributed by atoms with E-state index < -0.39 is 0 Å². The Labute approximate surface area is 166 Å². The third-order valence-electron chi connectivity index (χ3n) is 4.21. The van der Waals surface area contributed by atoms with Crippen molar-refractivity contribution in [2.75, 3.05) is 17.2 Å². The summed E-state index contributed by atoms with van der Waals surface area (Å²) in [5.41, 5.74) is 2.99. The molecule has 3 aromatic rings. The van der Waals surface area contributed by atoms with Gasteiger partial charge in [0.15, 0.2) is 0 Å². The van der Waals surface area contributed by atoms with Crippen LogP contribution in [0, 0.1) is 0 Å². The molecule has 26 heavy (non-hydrogen) atoms. The Morgan fingerprint density at radius 1 is 1.19 bits per heavy atom.